The number of hydrogen-bond acceptors (Lipinski definition) is 3. The summed E-state index contributed by atoms with van der Waals surface area (Å²) < 4.78 is 17.1. The predicted molar refractivity (Wildman–Crippen MR) is 119 cm³/mol. The van der Waals surface area contributed by atoms with Gasteiger partial charge in [-0.25, -0.2) is 0 Å². The molecule has 3 rings (SSSR count). The minimum atomic E-state index is -0.266. The summed E-state index contributed by atoms with van der Waals surface area (Å²) in [5.41, 5.74) is 1.77. The topological polar surface area (TPSA) is 27.7 Å². The van der Waals surface area contributed by atoms with E-state index in [1.165, 1.54) is 0 Å². The van der Waals surface area contributed by atoms with Crippen molar-refractivity contribution in [2.75, 3.05) is 13.7 Å². The normalized spacial score (nSPS) is 11.3. The third-order valence-corrected chi connectivity index (χ3v) is 5.15. The minimum Gasteiger partial charge on any atom is -0.494 e. The van der Waals surface area contributed by atoms with E-state index in [-0.39, 0.29) is 5.41 Å². The van der Waals surface area contributed by atoms with E-state index in [9.17, 15) is 0 Å². The zero-order valence-electron chi connectivity index (χ0n) is 16.7. The first kappa shape index (κ1) is 21.5. The van der Waals surface area contributed by atoms with E-state index in [1.54, 1.807) is 7.11 Å². The Kier molecular flexibility index (Phi) is 7.07. The third-order valence-electron chi connectivity index (χ3n) is 4.59. The number of benzene rings is 3. The van der Waals surface area contributed by atoms with E-state index in [0.29, 0.717) is 29.0 Å². The van der Waals surface area contributed by atoms with E-state index in [4.69, 9.17) is 37.4 Å². The largest absolute Gasteiger partial charge is 0.494 e. The molecule has 0 aliphatic carbocycles. The predicted octanol–water partition coefficient (Wildman–Crippen LogP) is 7.29. The fourth-order valence-corrected chi connectivity index (χ4v) is 3.62. The van der Waals surface area contributed by atoms with Crippen molar-refractivity contribution in [3.63, 3.8) is 0 Å². The Bertz CT molecular complexity index is 932. The van der Waals surface area contributed by atoms with Crippen molar-refractivity contribution in [3.05, 3.63) is 87.9 Å². The summed E-state index contributed by atoms with van der Waals surface area (Å²) >= 11 is 12.6. The Hall–Kier alpha value is -2.20. The first-order valence-corrected chi connectivity index (χ1v) is 10.1. The Morgan fingerprint density at radius 2 is 1.48 bits per heavy atom. The number of methoxy groups -OCH3 is 1. The zero-order valence-corrected chi connectivity index (χ0v) is 18.3. The second-order valence-corrected chi connectivity index (χ2v) is 8.23. The lowest BCUT2D eigenvalue weighted by Gasteiger charge is -2.26. The Balaban J connectivity index is 1.62. The minimum absolute atomic E-state index is 0.266. The number of hydrogen-bond donors (Lipinski definition) is 0. The van der Waals surface area contributed by atoms with E-state index in [2.05, 4.69) is 13.8 Å². The number of para-hydroxylation sites is 1. The van der Waals surface area contributed by atoms with Gasteiger partial charge in [-0.3, -0.25) is 0 Å². The zero-order chi connectivity index (χ0) is 20.9. The molecular formula is C24H24Cl2O3. The fraction of sp³-hybridized carbons (Fsp3) is 0.250. The van der Waals surface area contributed by atoms with Gasteiger partial charge in [-0.15, -0.1) is 0 Å². The van der Waals surface area contributed by atoms with Crippen molar-refractivity contribution in [3.8, 4) is 17.2 Å². The molecule has 0 saturated heterocycles. The molecule has 29 heavy (non-hydrogen) atoms. The van der Waals surface area contributed by atoms with Crippen molar-refractivity contribution in [2.24, 2.45) is 0 Å². The van der Waals surface area contributed by atoms with Gasteiger partial charge in [-0.1, -0.05) is 67.4 Å². The second kappa shape index (κ2) is 9.53. The van der Waals surface area contributed by atoms with Crippen LogP contribution in [0.15, 0.2) is 66.7 Å². The van der Waals surface area contributed by atoms with E-state index < -0.39 is 0 Å². The summed E-state index contributed by atoms with van der Waals surface area (Å²) in [5.74, 6) is 2.08. The Labute approximate surface area is 182 Å². The molecular weight excluding hydrogens is 407 g/mol. The first-order valence-electron chi connectivity index (χ1n) is 9.32. The third kappa shape index (κ3) is 5.66. The molecule has 0 spiro atoms. The molecule has 0 aliphatic heterocycles. The molecule has 0 unspecified atom stereocenters. The van der Waals surface area contributed by atoms with Crippen LogP contribution < -0.4 is 9.47 Å². The van der Waals surface area contributed by atoms with Crippen LogP contribution in [-0.4, -0.2) is 13.7 Å². The summed E-state index contributed by atoms with van der Waals surface area (Å²) in [6.45, 7) is 5.18. The Morgan fingerprint density at radius 1 is 0.828 bits per heavy atom. The molecule has 0 fully saturated rings. The van der Waals surface area contributed by atoms with Gasteiger partial charge >= 0.3 is 0 Å². The molecule has 0 saturated carbocycles. The van der Waals surface area contributed by atoms with Gasteiger partial charge in [0.25, 0.3) is 0 Å². The van der Waals surface area contributed by atoms with E-state index in [1.807, 2.05) is 66.7 Å². The van der Waals surface area contributed by atoms with Gasteiger partial charge in [0.2, 0.25) is 0 Å². The highest BCUT2D eigenvalue weighted by molar-refractivity contribution is 6.37. The number of halogens is 2. The van der Waals surface area contributed by atoms with Gasteiger partial charge in [0.1, 0.15) is 11.5 Å². The van der Waals surface area contributed by atoms with Crippen LogP contribution in [0.1, 0.15) is 25.0 Å². The van der Waals surface area contributed by atoms with Crippen molar-refractivity contribution < 1.29 is 14.2 Å². The molecule has 3 aromatic carbocycles. The van der Waals surface area contributed by atoms with Crippen LogP contribution >= 0.6 is 23.2 Å². The quantitative estimate of drug-likeness (QED) is 0.375. The van der Waals surface area contributed by atoms with Crippen LogP contribution in [0.2, 0.25) is 10.0 Å². The molecule has 0 amide bonds. The average molecular weight is 431 g/mol. The number of rotatable bonds is 8. The smallest absolute Gasteiger partial charge is 0.156 e. The van der Waals surface area contributed by atoms with E-state index in [0.717, 1.165) is 22.6 Å². The molecule has 3 nitrogen and oxygen atoms in total. The molecule has 152 valence electrons. The highest BCUT2D eigenvalue weighted by Gasteiger charge is 2.24. The molecule has 0 N–H and O–H groups in total. The number of ether oxygens (including phenoxy) is 3. The van der Waals surface area contributed by atoms with Gasteiger partial charge < -0.3 is 14.2 Å². The molecule has 0 aliphatic rings. The molecule has 3 aromatic rings. The van der Waals surface area contributed by atoms with Crippen molar-refractivity contribution in [1.82, 2.24) is 0 Å². The van der Waals surface area contributed by atoms with Gasteiger partial charge in [-0.05, 0) is 47.5 Å². The molecule has 5 heteroatoms. The summed E-state index contributed by atoms with van der Waals surface area (Å²) in [5, 5.41) is 0.989. The van der Waals surface area contributed by atoms with E-state index >= 15 is 0 Å². The van der Waals surface area contributed by atoms with Gasteiger partial charge in [-0.2, -0.15) is 0 Å². The van der Waals surface area contributed by atoms with Crippen molar-refractivity contribution in [1.29, 1.82) is 0 Å². The molecule has 0 bridgehead atoms. The Morgan fingerprint density at radius 3 is 2.14 bits per heavy atom. The van der Waals surface area contributed by atoms with Crippen LogP contribution in [0.5, 0.6) is 17.2 Å². The molecule has 0 atom stereocenters. The van der Waals surface area contributed by atoms with Crippen LogP contribution in [0.4, 0.5) is 0 Å². The highest BCUT2D eigenvalue weighted by Crippen LogP contribution is 2.37. The van der Waals surface area contributed by atoms with Crippen LogP contribution in [0.3, 0.4) is 0 Å². The van der Waals surface area contributed by atoms with Crippen molar-refractivity contribution >= 4 is 23.2 Å². The maximum atomic E-state index is 6.29. The molecule has 0 radical (unpaired) electrons. The standard InChI is InChI=1S/C24H24Cl2O3/c1-24(2,18-13-21(25)23(27-3)22(26)14-18)16-28-15-17-8-7-11-20(12-17)29-19-9-5-4-6-10-19/h4-14H,15-16H2,1-3H3. The highest BCUT2D eigenvalue weighted by atomic mass is 35.5. The molecule has 0 heterocycles. The monoisotopic (exact) mass is 430 g/mol. The molecule has 0 aromatic heterocycles. The summed E-state index contributed by atoms with van der Waals surface area (Å²) in [7, 11) is 1.55. The van der Waals surface area contributed by atoms with Gasteiger partial charge in [0.15, 0.2) is 5.75 Å². The lowest BCUT2D eigenvalue weighted by Crippen LogP contribution is -2.24. The first-order chi connectivity index (χ1) is 13.9. The van der Waals surface area contributed by atoms with Crippen molar-refractivity contribution in [2.45, 2.75) is 25.9 Å². The van der Waals surface area contributed by atoms with Gasteiger partial charge in [0.05, 0.1) is 30.4 Å². The lowest BCUT2D eigenvalue weighted by molar-refractivity contribution is 0.0824. The van der Waals surface area contributed by atoms with Gasteiger partial charge in [0, 0.05) is 5.41 Å². The fourth-order valence-electron chi connectivity index (χ4n) is 2.98. The summed E-state index contributed by atoms with van der Waals surface area (Å²) in [6, 6.07) is 21.4. The van der Waals surface area contributed by atoms with Crippen LogP contribution in [-0.2, 0) is 16.8 Å². The SMILES string of the molecule is COc1c(Cl)cc(C(C)(C)COCc2cccc(Oc3ccccc3)c2)cc1Cl. The maximum absolute atomic E-state index is 6.29. The maximum Gasteiger partial charge on any atom is 0.156 e. The second-order valence-electron chi connectivity index (χ2n) is 7.41. The lowest BCUT2D eigenvalue weighted by atomic mass is 9.85. The summed E-state index contributed by atoms with van der Waals surface area (Å²) in [4.78, 5) is 0. The van der Waals surface area contributed by atoms with Crippen LogP contribution in [0, 0.1) is 0 Å². The summed E-state index contributed by atoms with van der Waals surface area (Å²) in [6.07, 6.45) is 0. The average Bonchev–Trinajstić information content (AvgIpc) is 2.69. The van der Waals surface area contributed by atoms with Crippen LogP contribution in [0.25, 0.3) is 0 Å².